The molecule has 2 N–H and O–H groups in total. The highest BCUT2D eigenvalue weighted by molar-refractivity contribution is 5.68. The van der Waals surface area contributed by atoms with Gasteiger partial charge >= 0.3 is 6.09 Å². The van der Waals surface area contributed by atoms with Crippen molar-refractivity contribution in [1.29, 1.82) is 0 Å². The standard InChI is InChI=1S/C17H35N3O3/c1-14(21)13-20(16(22)23-17(2,3)4)11-8-18-12-15-6-9-19(5)10-7-15/h14-15,18,21H,6-13H2,1-5H3. The molecule has 6 nitrogen and oxygen atoms in total. The van der Waals surface area contributed by atoms with E-state index in [4.69, 9.17) is 4.74 Å². The van der Waals surface area contributed by atoms with Crippen LogP contribution in [0.5, 0.6) is 0 Å². The Morgan fingerprint density at radius 1 is 1.39 bits per heavy atom. The van der Waals surface area contributed by atoms with Gasteiger partial charge in [-0.1, -0.05) is 0 Å². The van der Waals surface area contributed by atoms with Crippen molar-refractivity contribution in [2.45, 2.75) is 52.2 Å². The quantitative estimate of drug-likeness (QED) is 0.694. The van der Waals surface area contributed by atoms with Gasteiger partial charge in [-0.2, -0.15) is 0 Å². The van der Waals surface area contributed by atoms with E-state index in [0.717, 1.165) is 19.0 Å². The van der Waals surface area contributed by atoms with Crippen molar-refractivity contribution in [3.63, 3.8) is 0 Å². The summed E-state index contributed by atoms with van der Waals surface area (Å²) in [5, 5.41) is 13.0. The zero-order valence-corrected chi connectivity index (χ0v) is 15.5. The minimum absolute atomic E-state index is 0.296. The molecule has 1 aliphatic rings. The average Bonchev–Trinajstić information content (AvgIpc) is 2.41. The van der Waals surface area contributed by atoms with Crippen LogP contribution < -0.4 is 5.32 Å². The Hall–Kier alpha value is -0.850. The molecule has 0 aromatic heterocycles. The van der Waals surface area contributed by atoms with Crippen molar-refractivity contribution in [2.75, 3.05) is 46.3 Å². The number of amides is 1. The lowest BCUT2D eigenvalue weighted by Crippen LogP contribution is -2.44. The van der Waals surface area contributed by atoms with E-state index in [-0.39, 0.29) is 6.09 Å². The fourth-order valence-electron chi connectivity index (χ4n) is 2.69. The Balaban J connectivity index is 2.32. The maximum atomic E-state index is 12.2. The van der Waals surface area contributed by atoms with E-state index < -0.39 is 11.7 Å². The van der Waals surface area contributed by atoms with Gasteiger partial charge in [-0.25, -0.2) is 4.79 Å². The zero-order chi connectivity index (χ0) is 17.5. The van der Waals surface area contributed by atoms with Crippen LogP contribution in [0.3, 0.4) is 0 Å². The molecule has 136 valence electrons. The first-order valence-electron chi connectivity index (χ1n) is 8.72. The second-order valence-corrected chi connectivity index (χ2v) is 7.73. The van der Waals surface area contributed by atoms with E-state index in [0.29, 0.717) is 13.1 Å². The topological polar surface area (TPSA) is 65.0 Å². The van der Waals surface area contributed by atoms with Crippen LogP contribution >= 0.6 is 0 Å². The Morgan fingerprint density at radius 3 is 2.52 bits per heavy atom. The van der Waals surface area contributed by atoms with Gasteiger partial charge in [0.05, 0.1) is 6.10 Å². The van der Waals surface area contributed by atoms with Gasteiger partial charge in [0.1, 0.15) is 5.60 Å². The Kier molecular flexibility index (Phi) is 8.29. The highest BCUT2D eigenvalue weighted by Gasteiger charge is 2.23. The number of hydrogen-bond donors (Lipinski definition) is 2. The molecule has 0 bridgehead atoms. The smallest absolute Gasteiger partial charge is 0.410 e. The summed E-state index contributed by atoms with van der Waals surface area (Å²) in [5.74, 6) is 0.720. The van der Waals surface area contributed by atoms with Crippen molar-refractivity contribution in [1.82, 2.24) is 15.1 Å². The molecule has 1 rings (SSSR count). The molecule has 1 fully saturated rings. The largest absolute Gasteiger partial charge is 0.444 e. The normalized spacial score (nSPS) is 18.7. The SMILES string of the molecule is CC(O)CN(CCNCC1CCN(C)CC1)C(=O)OC(C)(C)C. The third kappa shape index (κ3) is 9.13. The van der Waals surface area contributed by atoms with Crippen LogP contribution in [0, 0.1) is 5.92 Å². The summed E-state index contributed by atoms with van der Waals surface area (Å²) in [6, 6.07) is 0. The Labute approximate surface area is 141 Å². The lowest BCUT2D eigenvalue weighted by atomic mass is 9.97. The predicted molar refractivity (Wildman–Crippen MR) is 92.6 cm³/mol. The van der Waals surface area contributed by atoms with Gasteiger partial charge in [-0.05, 0) is 73.1 Å². The van der Waals surface area contributed by atoms with Gasteiger partial charge in [0, 0.05) is 19.6 Å². The summed E-state index contributed by atoms with van der Waals surface area (Å²) >= 11 is 0. The summed E-state index contributed by atoms with van der Waals surface area (Å²) in [4.78, 5) is 16.1. The molecule has 0 saturated carbocycles. The number of rotatable bonds is 7. The van der Waals surface area contributed by atoms with Crippen LogP contribution in [0.1, 0.15) is 40.5 Å². The minimum atomic E-state index is -0.559. The molecule has 1 aliphatic heterocycles. The van der Waals surface area contributed by atoms with Crippen molar-refractivity contribution in [3.05, 3.63) is 0 Å². The molecule has 1 amide bonds. The van der Waals surface area contributed by atoms with Crippen LogP contribution in [0.4, 0.5) is 4.79 Å². The van der Waals surface area contributed by atoms with Crippen LogP contribution in [0.25, 0.3) is 0 Å². The lowest BCUT2D eigenvalue weighted by molar-refractivity contribution is 0.0164. The van der Waals surface area contributed by atoms with E-state index in [1.54, 1.807) is 11.8 Å². The Bertz CT molecular complexity index is 347. The van der Waals surface area contributed by atoms with Gasteiger partial charge in [-0.3, -0.25) is 0 Å². The molecule has 0 aliphatic carbocycles. The molecule has 0 spiro atoms. The maximum Gasteiger partial charge on any atom is 0.410 e. The second kappa shape index (κ2) is 9.45. The third-order valence-electron chi connectivity index (χ3n) is 3.97. The van der Waals surface area contributed by atoms with Crippen LogP contribution in [0.15, 0.2) is 0 Å². The molecule has 1 saturated heterocycles. The summed E-state index contributed by atoms with van der Waals surface area (Å²) in [5.41, 5.74) is -0.518. The molecule has 1 heterocycles. The summed E-state index contributed by atoms with van der Waals surface area (Å²) in [6.45, 7) is 12.1. The first-order chi connectivity index (χ1) is 10.7. The third-order valence-corrected chi connectivity index (χ3v) is 3.97. The van der Waals surface area contributed by atoms with E-state index in [2.05, 4.69) is 17.3 Å². The van der Waals surface area contributed by atoms with Gasteiger partial charge in [0.2, 0.25) is 0 Å². The van der Waals surface area contributed by atoms with Gasteiger partial charge in [0.15, 0.2) is 0 Å². The van der Waals surface area contributed by atoms with Crippen molar-refractivity contribution in [3.8, 4) is 0 Å². The molecule has 1 atom stereocenters. The van der Waals surface area contributed by atoms with Crippen molar-refractivity contribution in [2.24, 2.45) is 5.92 Å². The van der Waals surface area contributed by atoms with Crippen LogP contribution in [-0.2, 0) is 4.74 Å². The fraction of sp³-hybridized carbons (Fsp3) is 0.941. The number of nitrogens with one attached hydrogen (secondary N) is 1. The predicted octanol–water partition coefficient (Wildman–Crippen LogP) is 1.54. The zero-order valence-electron chi connectivity index (χ0n) is 15.5. The summed E-state index contributed by atoms with van der Waals surface area (Å²) in [6.07, 6.45) is 1.54. The van der Waals surface area contributed by atoms with Crippen LogP contribution in [-0.4, -0.2) is 79.0 Å². The highest BCUT2D eigenvalue weighted by Crippen LogP contribution is 2.14. The number of aliphatic hydroxyl groups is 1. The number of piperidine rings is 1. The van der Waals surface area contributed by atoms with E-state index in [9.17, 15) is 9.90 Å². The second-order valence-electron chi connectivity index (χ2n) is 7.73. The van der Waals surface area contributed by atoms with Crippen molar-refractivity contribution < 1.29 is 14.6 Å². The van der Waals surface area contributed by atoms with Gasteiger partial charge < -0.3 is 25.0 Å². The molecule has 0 radical (unpaired) electrons. The number of hydrogen-bond acceptors (Lipinski definition) is 5. The first-order valence-corrected chi connectivity index (χ1v) is 8.72. The molecular weight excluding hydrogens is 294 g/mol. The van der Waals surface area contributed by atoms with Crippen LogP contribution in [0.2, 0.25) is 0 Å². The minimum Gasteiger partial charge on any atom is -0.444 e. The molecule has 1 unspecified atom stereocenters. The Morgan fingerprint density at radius 2 is 2.00 bits per heavy atom. The molecule has 23 heavy (non-hydrogen) atoms. The number of ether oxygens (including phenoxy) is 1. The number of aliphatic hydroxyl groups excluding tert-OH is 1. The van der Waals surface area contributed by atoms with E-state index >= 15 is 0 Å². The number of carbonyl (C=O) groups is 1. The maximum absolute atomic E-state index is 12.2. The molecular formula is C17H35N3O3. The average molecular weight is 329 g/mol. The van der Waals surface area contributed by atoms with Gasteiger partial charge in [-0.15, -0.1) is 0 Å². The summed E-state index contributed by atoms with van der Waals surface area (Å²) in [7, 11) is 2.17. The fourth-order valence-corrected chi connectivity index (χ4v) is 2.69. The van der Waals surface area contributed by atoms with E-state index in [1.165, 1.54) is 25.9 Å². The molecule has 0 aromatic carbocycles. The molecule has 0 aromatic rings. The molecule has 6 heteroatoms. The highest BCUT2D eigenvalue weighted by atomic mass is 16.6. The monoisotopic (exact) mass is 329 g/mol. The lowest BCUT2D eigenvalue weighted by Gasteiger charge is -2.30. The number of carbonyl (C=O) groups excluding carboxylic acids is 1. The van der Waals surface area contributed by atoms with Gasteiger partial charge in [0.25, 0.3) is 0 Å². The number of likely N-dealkylation sites (tertiary alicyclic amines) is 1. The number of nitrogens with zero attached hydrogens (tertiary/aromatic N) is 2. The first kappa shape index (κ1) is 20.2. The van der Waals surface area contributed by atoms with E-state index in [1.807, 2.05) is 20.8 Å². The van der Waals surface area contributed by atoms with Crippen molar-refractivity contribution >= 4 is 6.09 Å². The summed E-state index contributed by atoms with van der Waals surface area (Å²) < 4.78 is 5.40.